The van der Waals surface area contributed by atoms with Crippen LogP contribution in [0.25, 0.3) is 0 Å². The first-order chi connectivity index (χ1) is 10.2. The molecule has 1 atom stereocenters. The van der Waals surface area contributed by atoms with Crippen LogP contribution in [-0.4, -0.2) is 13.2 Å². The van der Waals surface area contributed by atoms with Crippen LogP contribution in [0.5, 0.6) is 5.75 Å². The van der Waals surface area contributed by atoms with Crippen molar-refractivity contribution in [1.82, 2.24) is 0 Å². The average molecular weight is 349 g/mol. The molecular weight excluding hydrogens is 326 g/mol. The second kappa shape index (κ2) is 8.20. The van der Waals surface area contributed by atoms with E-state index in [1.165, 1.54) is 17.5 Å². The minimum absolute atomic E-state index is 0.617. The van der Waals surface area contributed by atoms with Crippen molar-refractivity contribution in [2.45, 2.75) is 32.4 Å². The number of aryl methyl sites for hydroxylation is 1. The molecular formula is C18H23BrNO+. The lowest BCUT2D eigenvalue weighted by Crippen LogP contribution is -2.87. The van der Waals surface area contributed by atoms with Crippen LogP contribution in [0.3, 0.4) is 0 Å². The summed E-state index contributed by atoms with van der Waals surface area (Å²) in [6.45, 7) is 3.32. The summed E-state index contributed by atoms with van der Waals surface area (Å²) in [6.07, 6.45) is 2.29. The molecule has 0 aliphatic rings. The number of rotatable bonds is 7. The lowest BCUT2D eigenvalue weighted by Gasteiger charge is -2.11. The van der Waals surface area contributed by atoms with Gasteiger partial charge in [-0.1, -0.05) is 40.2 Å². The third-order valence-electron chi connectivity index (χ3n) is 3.69. The zero-order valence-corrected chi connectivity index (χ0v) is 14.3. The largest absolute Gasteiger partial charge is 0.497 e. The van der Waals surface area contributed by atoms with Crippen LogP contribution >= 0.6 is 15.9 Å². The lowest BCUT2D eigenvalue weighted by atomic mass is 10.1. The van der Waals surface area contributed by atoms with Crippen LogP contribution in [0, 0.1) is 0 Å². The Morgan fingerprint density at radius 3 is 2.52 bits per heavy atom. The Labute approximate surface area is 135 Å². The summed E-state index contributed by atoms with van der Waals surface area (Å²) in [5, 5.41) is 2.41. The molecule has 2 aromatic rings. The van der Waals surface area contributed by atoms with E-state index in [9.17, 15) is 0 Å². The summed E-state index contributed by atoms with van der Waals surface area (Å²) < 4.78 is 6.33. The quantitative estimate of drug-likeness (QED) is 0.813. The maximum absolute atomic E-state index is 5.18. The third kappa shape index (κ3) is 5.52. The van der Waals surface area contributed by atoms with Gasteiger partial charge in [0.05, 0.1) is 13.2 Å². The monoisotopic (exact) mass is 348 g/mol. The van der Waals surface area contributed by atoms with Crippen LogP contribution in [0.2, 0.25) is 0 Å². The van der Waals surface area contributed by atoms with Gasteiger partial charge < -0.3 is 10.1 Å². The standard InChI is InChI=1S/C18H22BrNO/c1-14(20-13-16-4-3-5-17(19)12-16)6-7-15-8-10-18(21-2)11-9-15/h3-5,8-12,14,20H,6-7,13H2,1-2H3/p+1/t14-/m0/s1. The third-order valence-corrected chi connectivity index (χ3v) is 4.19. The molecule has 2 rings (SSSR count). The van der Waals surface area contributed by atoms with Gasteiger partial charge in [0.2, 0.25) is 0 Å². The maximum atomic E-state index is 5.18. The number of methoxy groups -OCH3 is 1. The Bertz CT molecular complexity index is 553. The normalized spacial score (nSPS) is 12.1. The second-order valence-corrected chi connectivity index (χ2v) is 6.35. The van der Waals surface area contributed by atoms with E-state index in [0.29, 0.717) is 6.04 Å². The molecule has 2 N–H and O–H groups in total. The molecule has 0 heterocycles. The SMILES string of the molecule is COc1ccc(CC[C@H](C)[NH2+]Cc2cccc(Br)c2)cc1. The molecule has 0 spiro atoms. The van der Waals surface area contributed by atoms with E-state index in [1.54, 1.807) is 7.11 Å². The summed E-state index contributed by atoms with van der Waals surface area (Å²) in [7, 11) is 1.70. The van der Waals surface area contributed by atoms with Gasteiger partial charge in [0.25, 0.3) is 0 Å². The van der Waals surface area contributed by atoms with Crippen molar-refractivity contribution in [3.05, 3.63) is 64.1 Å². The molecule has 0 fully saturated rings. The first-order valence-corrected chi connectivity index (χ1v) is 8.17. The minimum atomic E-state index is 0.617. The van der Waals surface area contributed by atoms with Crippen LogP contribution in [0.1, 0.15) is 24.5 Å². The fraction of sp³-hybridized carbons (Fsp3) is 0.333. The van der Waals surface area contributed by atoms with Crippen molar-refractivity contribution in [2.24, 2.45) is 0 Å². The number of hydrogen-bond donors (Lipinski definition) is 1. The highest BCUT2D eigenvalue weighted by Gasteiger charge is 2.06. The molecule has 21 heavy (non-hydrogen) atoms. The zero-order valence-electron chi connectivity index (χ0n) is 12.7. The fourth-order valence-electron chi connectivity index (χ4n) is 2.31. The summed E-state index contributed by atoms with van der Waals surface area (Å²) in [5.41, 5.74) is 2.74. The molecule has 0 radical (unpaired) electrons. The van der Waals surface area contributed by atoms with E-state index in [4.69, 9.17) is 4.74 Å². The van der Waals surface area contributed by atoms with E-state index in [2.05, 4.69) is 64.6 Å². The van der Waals surface area contributed by atoms with Gasteiger partial charge in [0.1, 0.15) is 12.3 Å². The molecule has 3 heteroatoms. The maximum Gasteiger partial charge on any atom is 0.118 e. The molecule has 0 aliphatic heterocycles. The molecule has 0 aliphatic carbocycles. The summed E-state index contributed by atoms with van der Waals surface area (Å²) >= 11 is 3.52. The second-order valence-electron chi connectivity index (χ2n) is 5.43. The van der Waals surface area contributed by atoms with Crippen molar-refractivity contribution in [3.63, 3.8) is 0 Å². The van der Waals surface area contributed by atoms with E-state index in [0.717, 1.165) is 23.2 Å². The molecule has 0 unspecified atom stereocenters. The number of ether oxygens (including phenoxy) is 1. The Morgan fingerprint density at radius 2 is 1.86 bits per heavy atom. The molecule has 112 valence electrons. The van der Waals surface area contributed by atoms with Crippen molar-refractivity contribution < 1.29 is 10.1 Å². The highest BCUT2D eigenvalue weighted by molar-refractivity contribution is 9.10. The van der Waals surface area contributed by atoms with E-state index < -0.39 is 0 Å². The van der Waals surface area contributed by atoms with Crippen molar-refractivity contribution in [3.8, 4) is 5.75 Å². The highest BCUT2D eigenvalue weighted by Crippen LogP contribution is 2.13. The molecule has 0 bridgehead atoms. The van der Waals surface area contributed by atoms with Gasteiger partial charge in [-0.25, -0.2) is 0 Å². The summed E-state index contributed by atoms with van der Waals surface area (Å²) in [4.78, 5) is 0. The minimum Gasteiger partial charge on any atom is -0.497 e. The van der Waals surface area contributed by atoms with Crippen molar-refractivity contribution >= 4 is 15.9 Å². The Morgan fingerprint density at radius 1 is 1.10 bits per heavy atom. The number of benzene rings is 2. The lowest BCUT2D eigenvalue weighted by molar-refractivity contribution is -0.701. The van der Waals surface area contributed by atoms with Gasteiger partial charge in [-0.15, -0.1) is 0 Å². The fourth-order valence-corrected chi connectivity index (χ4v) is 2.75. The van der Waals surface area contributed by atoms with Gasteiger partial charge in [-0.2, -0.15) is 0 Å². The molecule has 0 aromatic heterocycles. The highest BCUT2D eigenvalue weighted by atomic mass is 79.9. The van der Waals surface area contributed by atoms with Crippen LogP contribution in [0.4, 0.5) is 0 Å². The van der Waals surface area contributed by atoms with Crippen molar-refractivity contribution in [2.75, 3.05) is 7.11 Å². The smallest absolute Gasteiger partial charge is 0.118 e. The molecule has 2 nitrogen and oxygen atoms in total. The number of quaternary nitrogens is 1. The van der Waals surface area contributed by atoms with Gasteiger partial charge in [0, 0.05) is 16.5 Å². The van der Waals surface area contributed by atoms with Crippen LogP contribution < -0.4 is 10.1 Å². The summed E-state index contributed by atoms with van der Waals surface area (Å²) in [6, 6.07) is 17.5. The average Bonchev–Trinajstić information content (AvgIpc) is 2.51. The predicted octanol–water partition coefficient (Wildman–Crippen LogP) is 3.54. The molecule has 0 amide bonds. The van der Waals surface area contributed by atoms with Gasteiger partial charge in [0.15, 0.2) is 0 Å². The molecule has 0 saturated carbocycles. The van der Waals surface area contributed by atoms with E-state index in [-0.39, 0.29) is 0 Å². The van der Waals surface area contributed by atoms with Crippen molar-refractivity contribution in [1.29, 1.82) is 0 Å². The number of nitrogens with two attached hydrogens (primary N) is 1. The Hall–Kier alpha value is -1.32. The van der Waals surface area contributed by atoms with E-state index in [1.807, 2.05) is 12.1 Å². The van der Waals surface area contributed by atoms with Gasteiger partial charge >= 0.3 is 0 Å². The Balaban J connectivity index is 1.75. The first kappa shape index (κ1) is 16.1. The van der Waals surface area contributed by atoms with Crippen LogP contribution in [0.15, 0.2) is 53.0 Å². The number of halogens is 1. The molecule has 0 saturated heterocycles. The van der Waals surface area contributed by atoms with E-state index >= 15 is 0 Å². The summed E-state index contributed by atoms with van der Waals surface area (Å²) in [5.74, 6) is 0.924. The number of hydrogen-bond acceptors (Lipinski definition) is 1. The van der Waals surface area contributed by atoms with Crippen LogP contribution in [-0.2, 0) is 13.0 Å². The van der Waals surface area contributed by atoms with Gasteiger partial charge in [-0.05, 0) is 43.2 Å². The zero-order chi connectivity index (χ0) is 15.1. The predicted molar refractivity (Wildman–Crippen MR) is 90.5 cm³/mol. The Kier molecular flexibility index (Phi) is 6.27. The molecule has 2 aromatic carbocycles. The topological polar surface area (TPSA) is 25.8 Å². The first-order valence-electron chi connectivity index (χ1n) is 7.38. The van der Waals surface area contributed by atoms with Gasteiger partial charge in [-0.3, -0.25) is 0 Å².